The Morgan fingerprint density at radius 1 is 0.447 bits per heavy atom. The van der Waals surface area contributed by atoms with E-state index in [-0.39, 0.29) is 0 Å². The molecule has 0 bridgehead atoms. The normalized spacial score (nSPS) is 11.7. The molecule has 0 atom stereocenters. The molecule has 38 heavy (non-hydrogen) atoms. The fraction of sp³-hybridized carbons (Fsp3) is 0. The predicted octanol–water partition coefficient (Wildman–Crippen LogP) is 8.94. The molecule has 0 saturated carbocycles. The molecule has 0 aliphatic heterocycles. The number of fused-ring (bicyclic) bond motifs is 6. The molecule has 3 nitrogen and oxygen atoms in total. The third-order valence-corrected chi connectivity index (χ3v) is 7.56. The van der Waals surface area contributed by atoms with Crippen LogP contribution in [0.3, 0.4) is 0 Å². The Morgan fingerprint density at radius 2 is 1.11 bits per heavy atom. The van der Waals surface area contributed by atoms with Crippen LogP contribution in [0.4, 0.5) is 0 Å². The maximum Gasteiger partial charge on any atom is 0.0963 e. The minimum absolute atomic E-state index is 1.02. The molecule has 178 valence electrons. The Morgan fingerprint density at radius 3 is 1.92 bits per heavy atom. The second kappa shape index (κ2) is 8.19. The van der Waals surface area contributed by atoms with E-state index in [2.05, 4.69) is 137 Å². The lowest BCUT2D eigenvalue weighted by atomic mass is 10.0. The van der Waals surface area contributed by atoms with E-state index in [1.807, 2.05) is 12.3 Å². The molecule has 0 unspecified atom stereocenters. The van der Waals surface area contributed by atoms with Crippen molar-refractivity contribution >= 4 is 43.7 Å². The number of aromatic nitrogens is 3. The number of rotatable bonds is 3. The van der Waals surface area contributed by atoms with Gasteiger partial charge in [0.05, 0.1) is 27.6 Å². The molecule has 5 aromatic carbocycles. The molecule has 0 amide bonds. The second-order valence-electron chi connectivity index (χ2n) is 9.66. The summed E-state index contributed by atoms with van der Waals surface area (Å²) in [6, 6.07) is 47.5. The van der Waals surface area contributed by atoms with Crippen molar-refractivity contribution in [3.63, 3.8) is 0 Å². The van der Waals surface area contributed by atoms with Crippen molar-refractivity contribution in [2.75, 3.05) is 0 Å². The largest absolute Gasteiger partial charge is 0.309 e. The summed E-state index contributed by atoms with van der Waals surface area (Å²) in [4.78, 5) is 4.80. The minimum Gasteiger partial charge on any atom is -0.309 e. The molecule has 3 heterocycles. The van der Waals surface area contributed by atoms with Gasteiger partial charge in [0, 0.05) is 39.3 Å². The summed E-state index contributed by atoms with van der Waals surface area (Å²) >= 11 is 0. The van der Waals surface area contributed by atoms with Crippen LogP contribution in [0.15, 0.2) is 140 Å². The van der Waals surface area contributed by atoms with Crippen molar-refractivity contribution in [3.8, 4) is 22.5 Å². The number of hydrogen-bond acceptors (Lipinski definition) is 1. The Balaban J connectivity index is 1.48. The molecule has 0 N–H and O–H groups in total. The number of para-hydroxylation sites is 4. The highest BCUT2D eigenvalue weighted by Crippen LogP contribution is 2.40. The van der Waals surface area contributed by atoms with E-state index >= 15 is 0 Å². The lowest BCUT2D eigenvalue weighted by molar-refractivity contribution is 1.17. The van der Waals surface area contributed by atoms with Crippen molar-refractivity contribution in [2.45, 2.75) is 0 Å². The first-order chi connectivity index (χ1) is 18.9. The highest BCUT2D eigenvalue weighted by Gasteiger charge is 2.18. The Hall–Kier alpha value is -5.15. The van der Waals surface area contributed by atoms with Gasteiger partial charge in [0.25, 0.3) is 0 Å². The van der Waals surface area contributed by atoms with Crippen LogP contribution < -0.4 is 0 Å². The highest BCUT2D eigenvalue weighted by molar-refractivity contribution is 6.14. The first-order valence-corrected chi connectivity index (χ1v) is 12.9. The lowest BCUT2D eigenvalue weighted by Gasteiger charge is -2.12. The van der Waals surface area contributed by atoms with E-state index in [0.29, 0.717) is 0 Å². The van der Waals surface area contributed by atoms with Crippen molar-refractivity contribution in [1.29, 1.82) is 0 Å². The molecular weight excluding hydrogens is 462 g/mol. The summed E-state index contributed by atoms with van der Waals surface area (Å²) in [6.45, 7) is 0. The molecule has 0 fully saturated rings. The zero-order valence-corrected chi connectivity index (χ0v) is 20.6. The van der Waals surface area contributed by atoms with Crippen LogP contribution in [0, 0.1) is 0 Å². The van der Waals surface area contributed by atoms with Crippen LogP contribution in [-0.4, -0.2) is 14.1 Å². The quantitative estimate of drug-likeness (QED) is 0.245. The van der Waals surface area contributed by atoms with Gasteiger partial charge >= 0.3 is 0 Å². The van der Waals surface area contributed by atoms with Crippen LogP contribution in [0.5, 0.6) is 0 Å². The molecular formula is C35H23N3. The van der Waals surface area contributed by atoms with Gasteiger partial charge in [0.1, 0.15) is 0 Å². The molecule has 3 heteroatoms. The Kier molecular flexibility index (Phi) is 4.52. The zero-order valence-electron chi connectivity index (χ0n) is 20.6. The van der Waals surface area contributed by atoms with Crippen LogP contribution in [-0.2, 0) is 0 Å². The molecule has 0 aliphatic carbocycles. The van der Waals surface area contributed by atoms with E-state index in [0.717, 1.165) is 27.8 Å². The van der Waals surface area contributed by atoms with E-state index < -0.39 is 0 Å². The van der Waals surface area contributed by atoms with Crippen molar-refractivity contribution in [1.82, 2.24) is 14.1 Å². The molecule has 8 aromatic rings. The van der Waals surface area contributed by atoms with E-state index in [1.54, 1.807) is 0 Å². The molecule has 0 spiro atoms. The predicted molar refractivity (Wildman–Crippen MR) is 158 cm³/mol. The number of hydrogen-bond donors (Lipinski definition) is 0. The topological polar surface area (TPSA) is 22.8 Å². The zero-order chi connectivity index (χ0) is 25.1. The van der Waals surface area contributed by atoms with Crippen molar-refractivity contribution in [2.24, 2.45) is 0 Å². The monoisotopic (exact) mass is 485 g/mol. The summed E-state index contributed by atoms with van der Waals surface area (Å²) in [6.07, 6.45) is 1.88. The van der Waals surface area contributed by atoms with Crippen LogP contribution in [0.25, 0.3) is 66.2 Å². The van der Waals surface area contributed by atoms with E-state index in [9.17, 15) is 0 Å². The van der Waals surface area contributed by atoms with Crippen molar-refractivity contribution < 1.29 is 0 Å². The minimum atomic E-state index is 1.02. The number of pyridine rings is 1. The fourth-order valence-corrected chi connectivity index (χ4v) is 5.95. The third-order valence-electron chi connectivity index (χ3n) is 7.56. The standard InChI is InChI=1S/C35H23N3/c1-3-11-25(12-4-1)37-31-18-8-7-15-28(31)29-21-20-24(23-33(29)37)27-16-9-17-30-34-32(19-10-22-36-34)38(35(27)30)26-13-5-2-6-14-26/h1-23H. The van der Waals surface area contributed by atoms with Gasteiger partial charge in [0.15, 0.2) is 0 Å². The average Bonchev–Trinajstić information content (AvgIpc) is 3.51. The average molecular weight is 486 g/mol. The molecule has 0 saturated heterocycles. The Bertz CT molecular complexity index is 2120. The second-order valence-corrected chi connectivity index (χ2v) is 9.66. The summed E-state index contributed by atoms with van der Waals surface area (Å²) < 4.78 is 4.73. The van der Waals surface area contributed by atoms with Gasteiger partial charge in [-0.1, -0.05) is 84.9 Å². The maximum absolute atomic E-state index is 4.80. The summed E-state index contributed by atoms with van der Waals surface area (Å²) in [5.74, 6) is 0. The van der Waals surface area contributed by atoms with Crippen LogP contribution in [0.1, 0.15) is 0 Å². The number of nitrogens with zero attached hydrogens (tertiary/aromatic N) is 3. The highest BCUT2D eigenvalue weighted by atomic mass is 15.0. The summed E-state index contributed by atoms with van der Waals surface area (Å²) in [7, 11) is 0. The lowest BCUT2D eigenvalue weighted by Crippen LogP contribution is -1.96. The first kappa shape index (κ1) is 21.0. The van der Waals surface area contributed by atoms with Crippen LogP contribution in [0.2, 0.25) is 0 Å². The molecule has 3 aromatic heterocycles. The van der Waals surface area contributed by atoms with E-state index in [4.69, 9.17) is 4.98 Å². The summed E-state index contributed by atoms with van der Waals surface area (Å²) in [5.41, 5.74) is 10.4. The molecule has 0 radical (unpaired) electrons. The third kappa shape index (κ3) is 2.99. The van der Waals surface area contributed by atoms with Gasteiger partial charge in [-0.3, -0.25) is 4.98 Å². The molecule has 8 rings (SSSR count). The fourth-order valence-electron chi connectivity index (χ4n) is 5.95. The van der Waals surface area contributed by atoms with Gasteiger partial charge in [0.2, 0.25) is 0 Å². The SMILES string of the molecule is c1ccc(-n2c3ccccc3c3ccc(-c4cccc5c6ncccc6n(-c6ccccc6)c45)cc32)cc1. The Labute approximate surface area is 219 Å². The maximum atomic E-state index is 4.80. The van der Waals surface area contributed by atoms with Gasteiger partial charge in [-0.15, -0.1) is 0 Å². The number of benzene rings is 5. The van der Waals surface area contributed by atoms with Gasteiger partial charge < -0.3 is 9.13 Å². The summed E-state index contributed by atoms with van der Waals surface area (Å²) in [5, 5.41) is 3.68. The smallest absolute Gasteiger partial charge is 0.0963 e. The first-order valence-electron chi connectivity index (χ1n) is 12.9. The van der Waals surface area contributed by atoms with Gasteiger partial charge in [-0.25, -0.2) is 0 Å². The van der Waals surface area contributed by atoms with Gasteiger partial charge in [-0.05, 0) is 54.1 Å². The molecule has 0 aliphatic rings. The van der Waals surface area contributed by atoms with E-state index in [1.165, 1.54) is 38.4 Å². The van der Waals surface area contributed by atoms with Crippen molar-refractivity contribution in [3.05, 3.63) is 140 Å². The van der Waals surface area contributed by atoms with Crippen LogP contribution >= 0.6 is 0 Å². The van der Waals surface area contributed by atoms with Gasteiger partial charge in [-0.2, -0.15) is 0 Å².